The Morgan fingerprint density at radius 3 is 2.22 bits per heavy atom. The molecule has 0 saturated carbocycles. The Hall–Kier alpha value is -1.74. The van der Waals surface area contributed by atoms with Gasteiger partial charge in [0, 0.05) is 31.5 Å². The third-order valence-corrected chi connectivity index (χ3v) is 5.08. The Bertz CT molecular complexity index is 620. The molecule has 0 aliphatic carbocycles. The Balaban J connectivity index is 1.90. The van der Waals surface area contributed by atoms with Crippen molar-refractivity contribution in [1.29, 1.82) is 0 Å². The fourth-order valence-corrected chi connectivity index (χ4v) is 3.49. The van der Waals surface area contributed by atoms with E-state index in [-0.39, 0.29) is 0 Å². The van der Waals surface area contributed by atoms with Gasteiger partial charge in [-0.05, 0) is 62.7 Å². The summed E-state index contributed by atoms with van der Waals surface area (Å²) in [4.78, 5) is 4.92. The van der Waals surface area contributed by atoms with E-state index in [0.717, 1.165) is 19.1 Å². The van der Waals surface area contributed by atoms with Crippen LogP contribution in [0.2, 0.25) is 0 Å². The highest BCUT2D eigenvalue weighted by Gasteiger charge is 2.22. The molecule has 0 bridgehead atoms. The van der Waals surface area contributed by atoms with E-state index in [9.17, 15) is 0 Å². The molecule has 0 unspecified atom stereocenters. The van der Waals surface area contributed by atoms with Gasteiger partial charge in [-0.25, -0.2) is 0 Å². The Kier molecular flexibility index (Phi) is 4.76. The first-order valence-electron chi connectivity index (χ1n) is 8.75. The summed E-state index contributed by atoms with van der Waals surface area (Å²) in [6.07, 6.45) is 6.78. The minimum atomic E-state index is 0.554. The van der Waals surface area contributed by atoms with Gasteiger partial charge in [0.25, 0.3) is 0 Å². The number of hydrogen-bond acceptors (Lipinski definition) is 2. The molecule has 1 fully saturated rings. The van der Waals surface area contributed by atoms with E-state index < -0.39 is 0 Å². The summed E-state index contributed by atoms with van der Waals surface area (Å²) in [6, 6.07) is 11.9. The van der Waals surface area contributed by atoms with E-state index in [1.165, 1.54) is 29.8 Å². The van der Waals surface area contributed by atoms with Gasteiger partial charge in [-0.1, -0.05) is 19.9 Å². The van der Waals surface area contributed by atoms with Crippen LogP contribution >= 0.6 is 0 Å². The summed E-state index contributed by atoms with van der Waals surface area (Å²) in [5.74, 6) is 0.554. The highest BCUT2D eigenvalue weighted by Crippen LogP contribution is 2.31. The summed E-state index contributed by atoms with van der Waals surface area (Å²) >= 11 is 0. The van der Waals surface area contributed by atoms with Gasteiger partial charge in [0.05, 0.1) is 11.4 Å². The number of aromatic nitrogens is 1. The molecule has 0 radical (unpaired) electrons. The fourth-order valence-electron chi connectivity index (χ4n) is 3.49. The lowest BCUT2D eigenvalue weighted by atomic mass is 9.99. The van der Waals surface area contributed by atoms with E-state index in [2.05, 4.69) is 85.0 Å². The molecular formula is C20H29N3. The molecule has 3 heteroatoms. The first-order chi connectivity index (χ1) is 11.1. The fraction of sp³-hybridized carbons (Fsp3) is 0.500. The first-order valence-corrected chi connectivity index (χ1v) is 8.75. The highest BCUT2D eigenvalue weighted by atomic mass is 15.2. The average Bonchev–Trinajstić information content (AvgIpc) is 3.08. The summed E-state index contributed by atoms with van der Waals surface area (Å²) in [6.45, 7) is 6.80. The molecule has 2 heterocycles. The van der Waals surface area contributed by atoms with Crippen molar-refractivity contribution in [2.45, 2.75) is 38.6 Å². The Labute approximate surface area is 140 Å². The molecular weight excluding hydrogens is 282 g/mol. The molecule has 1 aliphatic rings. The smallest absolute Gasteiger partial charge is 0.0687 e. The maximum Gasteiger partial charge on any atom is 0.0687 e. The maximum absolute atomic E-state index is 2.55. The predicted octanol–water partition coefficient (Wildman–Crippen LogP) is 4.13. The zero-order valence-electron chi connectivity index (χ0n) is 14.9. The molecule has 0 N–H and O–H groups in total. The SMILES string of the molecule is CC(C)c1ccc(N2CCC(N(C)C)CC2)c(-n2cccc2)c1. The molecule has 3 nitrogen and oxygen atoms in total. The average molecular weight is 311 g/mol. The first kappa shape index (κ1) is 16.1. The molecule has 0 spiro atoms. The van der Waals surface area contributed by atoms with E-state index in [1.54, 1.807) is 0 Å². The number of anilines is 1. The van der Waals surface area contributed by atoms with Gasteiger partial charge < -0.3 is 14.4 Å². The summed E-state index contributed by atoms with van der Waals surface area (Å²) in [7, 11) is 4.39. The van der Waals surface area contributed by atoms with Crippen LogP contribution in [-0.4, -0.2) is 42.7 Å². The quantitative estimate of drug-likeness (QED) is 0.841. The normalized spacial score (nSPS) is 16.5. The van der Waals surface area contributed by atoms with Gasteiger partial charge in [0.2, 0.25) is 0 Å². The molecule has 124 valence electrons. The van der Waals surface area contributed by atoms with Crippen LogP contribution in [-0.2, 0) is 0 Å². The van der Waals surface area contributed by atoms with Crippen molar-refractivity contribution < 1.29 is 0 Å². The minimum Gasteiger partial charge on any atom is -0.370 e. The van der Waals surface area contributed by atoms with Crippen molar-refractivity contribution in [1.82, 2.24) is 9.47 Å². The number of nitrogens with zero attached hydrogens (tertiary/aromatic N) is 3. The lowest BCUT2D eigenvalue weighted by Gasteiger charge is -2.37. The largest absolute Gasteiger partial charge is 0.370 e. The summed E-state index contributed by atoms with van der Waals surface area (Å²) < 4.78 is 2.25. The molecule has 1 saturated heterocycles. The van der Waals surface area contributed by atoms with Crippen molar-refractivity contribution in [3.8, 4) is 5.69 Å². The van der Waals surface area contributed by atoms with Gasteiger partial charge in [0.15, 0.2) is 0 Å². The van der Waals surface area contributed by atoms with Gasteiger partial charge in [-0.3, -0.25) is 0 Å². The topological polar surface area (TPSA) is 11.4 Å². The van der Waals surface area contributed by atoms with Crippen molar-refractivity contribution in [2.24, 2.45) is 0 Å². The van der Waals surface area contributed by atoms with Crippen LogP contribution in [0.3, 0.4) is 0 Å². The number of benzene rings is 1. The standard InChI is InChI=1S/C20H29N3/c1-16(2)17-7-8-19(20(15-17)22-11-5-6-12-22)23-13-9-18(10-14-23)21(3)4/h5-8,11-12,15-16,18H,9-10,13-14H2,1-4H3. The number of hydrogen-bond donors (Lipinski definition) is 0. The summed E-state index contributed by atoms with van der Waals surface area (Å²) in [5.41, 5.74) is 4.08. The Morgan fingerprint density at radius 2 is 1.65 bits per heavy atom. The van der Waals surface area contributed by atoms with E-state index in [0.29, 0.717) is 5.92 Å². The van der Waals surface area contributed by atoms with Crippen LogP contribution in [0.25, 0.3) is 5.69 Å². The van der Waals surface area contributed by atoms with Crippen LogP contribution in [0, 0.1) is 0 Å². The molecule has 23 heavy (non-hydrogen) atoms. The molecule has 0 atom stereocenters. The maximum atomic E-state index is 2.55. The van der Waals surface area contributed by atoms with Crippen molar-refractivity contribution >= 4 is 5.69 Å². The minimum absolute atomic E-state index is 0.554. The van der Waals surface area contributed by atoms with Crippen molar-refractivity contribution in [3.63, 3.8) is 0 Å². The highest BCUT2D eigenvalue weighted by molar-refractivity contribution is 5.64. The molecule has 1 aromatic heterocycles. The summed E-state index contributed by atoms with van der Waals surface area (Å²) in [5, 5.41) is 0. The van der Waals surface area contributed by atoms with Gasteiger partial charge in [-0.15, -0.1) is 0 Å². The lowest BCUT2D eigenvalue weighted by Crippen LogP contribution is -2.42. The number of rotatable bonds is 4. The number of piperidine rings is 1. The van der Waals surface area contributed by atoms with E-state index in [1.807, 2.05) is 0 Å². The molecule has 3 rings (SSSR count). The van der Waals surface area contributed by atoms with Gasteiger partial charge >= 0.3 is 0 Å². The van der Waals surface area contributed by atoms with Crippen LogP contribution < -0.4 is 4.90 Å². The zero-order valence-corrected chi connectivity index (χ0v) is 14.9. The molecule has 0 amide bonds. The third kappa shape index (κ3) is 3.45. The Morgan fingerprint density at radius 1 is 1.00 bits per heavy atom. The monoisotopic (exact) mass is 311 g/mol. The predicted molar refractivity (Wildman–Crippen MR) is 98.8 cm³/mol. The van der Waals surface area contributed by atoms with Crippen molar-refractivity contribution in [2.75, 3.05) is 32.1 Å². The third-order valence-electron chi connectivity index (χ3n) is 5.08. The second kappa shape index (κ2) is 6.79. The van der Waals surface area contributed by atoms with Crippen LogP contribution in [0.15, 0.2) is 42.7 Å². The second-order valence-corrected chi connectivity index (χ2v) is 7.17. The van der Waals surface area contributed by atoms with Crippen LogP contribution in [0.4, 0.5) is 5.69 Å². The molecule has 1 aliphatic heterocycles. The zero-order chi connectivity index (χ0) is 16.4. The second-order valence-electron chi connectivity index (χ2n) is 7.17. The van der Waals surface area contributed by atoms with E-state index in [4.69, 9.17) is 0 Å². The van der Waals surface area contributed by atoms with Gasteiger partial charge in [0.1, 0.15) is 0 Å². The molecule has 2 aromatic rings. The van der Waals surface area contributed by atoms with Crippen molar-refractivity contribution in [3.05, 3.63) is 48.3 Å². The molecule has 1 aromatic carbocycles. The van der Waals surface area contributed by atoms with Crippen LogP contribution in [0.5, 0.6) is 0 Å². The van der Waals surface area contributed by atoms with Crippen LogP contribution in [0.1, 0.15) is 38.2 Å². The lowest BCUT2D eigenvalue weighted by molar-refractivity contribution is 0.249. The van der Waals surface area contributed by atoms with E-state index >= 15 is 0 Å². The van der Waals surface area contributed by atoms with Gasteiger partial charge in [-0.2, -0.15) is 0 Å².